The molecule has 0 spiro atoms. The van der Waals surface area contributed by atoms with Gasteiger partial charge < -0.3 is 5.32 Å². The van der Waals surface area contributed by atoms with Crippen molar-refractivity contribution < 1.29 is 26.4 Å². The molecule has 4 aromatic rings. The summed E-state index contributed by atoms with van der Waals surface area (Å²) in [6, 6.07) is 12.1. The molecule has 0 saturated heterocycles. The van der Waals surface area contributed by atoms with E-state index in [0.717, 1.165) is 23.2 Å². The summed E-state index contributed by atoms with van der Waals surface area (Å²) in [6.45, 7) is 0. The maximum atomic E-state index is 13.6. The predicted molar refractivity (Wildman–Crippen MR) is 117 cm³/mol. The molecule has 4 rings (SSSR count). The number of rotatable bonds is 5. The van der Waals surface area contributed by atoms with Gasteiger partial charge in [-0.2, -0.15) is 18.3 Å². The zero-order chi connectivity index (χ0) is 24.5. The van der Waals surface area contributed by atoms with E-state index in [1.165, 1.54) is 48.8 Å². The van der Waals surface area contributed by atoms with E-state index in [9.17, 15) is 26.4 Å². The van der Waals surface area contributed by atoms with Crippen molar-refractivity contribution >= 4 is 21.6 Å². The average molecular weight is 487 g/mol. The highest BCUT2D eigenvalue weighted by Gasteiger charge is 2.36. The summed E-state index contributed by atoms with van der Waals surface area (Å²) in [7, 11) is -3.40. The number of anilines is 1. The van der Waals surface area contributed by atoms with Crippen LogP contribution in [0.5, 0.6) is 0 Å². The van der Waals surface area contributed by atoms with Gasteiger partial charge in [0.2, 0.25) is 0 Å². The number of hydrogen-bond donors (Lipinski definition) is 1. The van der Waals surface area contributed by atoms with Crippen LogP contribution in [-0.4, -0.2) is 40.3 Å². The third-order valence-corrected chi connectivity index (χ3v) is 5.86. The largest absolute Gasteiger partial charge is 0.433 e. The van der Waals surface area contributed by atoms with Crippen molar-refractivity contribution in [3.05, 3.63) is 84.4 Å². The average Bonchev–Trinajstić information content (AvgIpc) is 3.26. The van der Waals surface area contributed by atoms with Crippen LogP contribution in [0.4, 0.5) is 19.0 Å². The van der Waals surface area contributed by atoms with Gasteiger partial charge >= 0.3 is 6.18 Å². The summed E-state index contributed by atoms with van der Waals surface area (Å²) in [5.74, 6) is -0.469. The molecule has 0 saturated carbocycles. The molecule has 1 N–H and O–H groups in total. The SMILES string of the molecule is CS(=O)(=O)c1ccc(C(=O)Nc2ccc(-n3nc(-c4cccnc4)cc3C(F)(F)F)cn2)cc1. The van der Waals surface area contributed by atoms with Crippen molar-refractivity contribution in [3.8, 4) is 16.9 Å². The minimum absolute atomic E-state index is 0.0398. The molecule has 0 aliphatic heterocycles. The first kappa shape index (κ1) is 23.1. The molecule has 3 aromatic heterocycles. The van der Waals surface area contributed by atoms with Gasteiger partial charge in [0.15, 0.2) is 9.84 Å². The molecule has 1 aromatic carbocycles. The Morgan fingerprint density at radius 3 is 2.32 bits per heavy atom. The lowest BCUT2D eigenvalue weighted by atomic mass is 10.2. The van der Waals surface area contributed by atoms with Crippen molar-refractivity contribution in [2.24, 2.45) is 0 Å². The van der Waals surface area contributed by atoms with E-state index in [1.54, 1.807) is 12.1 Å². The second-order valence-electron chi connectivity index (χ2n) is 7.22. The Balaban J connectivity index is 1.58. The maximum Gasteiger partial charge on any atom is 0.433 e. The number of nitrogens with zero attached hydrogens (tertiary/aromatic N) is 4. The number of benzene rings is 1. The summed E-state index contributed by atoms with van der Waals surface area (Å²) in [5, 5.41) is 6.57. The van der Waals surface area contributed by atoms with Crippen LogP contribution in [0.2, 0.25) is 0 Å². The minimum atomic E-state index is -4.67. The van der Waals surface area contributed by atoms with Crippen LogP contribution >= 0.6 is 0 Å². The first-order valence-corrected chi connectivity index (χ1v) is 11.6. The number of carbonyl (C=O) groups is 1. The fraction of sp³-hybridized carbons (Fsp3) is 0.0909. The smallest absolute Gasteiger partial charge is 0.307 e. The number of pyridine rings is 2. The van der Waals surface area contributed by atoms with Crippen LogP contribution in [0.3, 0.4) is 0 Å². The number of carbonyl (C=O) groups excluding carboxylic acids is 1. The molecule has 0 fully saturated rings. The maximum absolute atomic E-state index is 13.6. The Morgan fingerprint density at radius 2 is 1.76 bits per heavy atom. The molecule has 0 radical (unpaired) electrons. The van der Waals surface area contributed by atoms with E-state index in [-0.39, 0.29) is 27.7 Å². The van der Waals surface area contributed by atoms with Crippen molar-refractivity contribution in [2.75, 3.05) is 11.6 Å². The predicted octanol–water partition coefficient (Wildman–Crippen LogP) is 4.00. The van der Waals surface area contributed by atoms with Crippen LogP contribution in [0.25, 0.3) is 16.9 Å². The quantitative estimate of drug-likeness (QED) is 0.456. The van der Waals surface area contributed by atoms with Crippen LogP contribution in [0.15, 0.2) is 78.1 Å². The van der Waals surface area contributed by atoms with Crippen LogP contribution in [-0.2, 0) is 16.0 Å². The van der Waals surface area contributed by atoms with Crippen molar-refractivity contribution in [1.29, 1.82) is 0 Å². The first-order valence-electron chi connectivity index (χ1n) is 9.68. The molecular formula is C22H16F3N5O3S. The number of amides is 1. The van der Waals surface area contributed by atoms with Crippen molar-refractivity contribution in [2.45, 2.75) is 11.1 Å². The molecule has 1 amide bonds. The van der Waals surface area contributed by atoms with Crippen LogP contribution in [0, 0.1) is 0 Å². The number of aromatic nitrogens is 4. The second kappa shape index (κ2) is 8.71. The highest BCUT2D eigenvalue weighted by Crippen LogP contribution is 2.34. The third-order valence-electron chi connectivity index (χ3n) is 4.74. The summed E-state index contributed by atoms with van der Waals surface area (Å²) in [4.78, 5) is 20.4. The standard InChI is InChI=1S/C22H16F3N5O3S/c1-34(32,33)17-7-4-14(5-8-17)21(31)28-20-9-6-16(13-27-20)30-19(22(23,24)25)11-18(29-30)15-3-2-10-26-12-15/h2-13H,1H3,(H,27,28,31). The summed E-state index contributed by atoms with van der Waals surface area (Å²) in [5.41, 5.74) is -0.250. The van der Waals surface area contributed by atoms with E-state index in [4.69, 9.17) is 0 Å². The number of sulfone groups is 1. The molecule has 12 heteroatoms. The van der Waals surface area contributed by atoms with E-state index >= 15 is 0 Å². The number of halogens is 3. The normalized spacial score (nSPS) is 11.9. The number of alkyl halides is 3. The topological polar surface area (TPSA) is 107 Å². The van der Waals surface area contributed by atoms with Gasteiger partial charge in [-0.05, 0) is 54.6 Å². The lowest BCUT2D eigenvalue weighted by molar-refractivity contribution is -0.142. The van der Waals surface area contributed by atoms with Crippen molar-refractivity contribution in [1.82, 2.24) is 19.7 Å². The molecule has 8 nitrogen and oxygen atoms in total. The van der Waals surface area contributed by atoms with Gasteiger partial charge in [0, 0.05) is 29.8 Å². The first-order chi connectivity index (χ1) is 16.0. The molecule has 0 aliphatic carbocycles. The van der Waals surface area contributed by atoms with E-state index in [0.29, 0.717) is 5.56 Å². The lowest BCUT2D eigenvalue weighted by Gasteiger charge is -2.10. The molecular weight excluding hydrogens is 471 g/mol. The van der Waals surface area contributed by atoms with Crippen LogP contribution in [0.1, 0.15) is 16.1 Å². The van der Waals surface area contributed by atoms with E-state index in [1.807, 2.05) is 0 Å². The highest BCUT2D eigenvalue weighted by atomic mass is 32.2. The zero-order valence-corrected chi connectivity index (χ0v) is 18.3. The van der Waals surface area contributed by atoms with E-state index < -0.39 is 27.6 Å². The summed E-state index contributed by atoms with van der Waals surface area (Å²) in [6.07, 6.45) is 0.446. The highest BCUT2D eigenvalue weighted by molar-refractivity contribution is 7.90. The molecule has 0 unspecified atom stereocenters. The fourth-order valence-electron chi connectivity index (χ4n) is 3.06. The summed E-state index contributed by atoms with van der Waals surface area (Å²) >= 11 is 0. The van der Waals surface area contributed by atoms with Gasteiger partial charge in [0.05, 0.1) is 22.5 Å². The zero-order valence-electron chi connectivity index (χ0n) is 17.5. The minimum Gasteiger partial charge on any atom is -0.307 e. The van der Waals surface area contributed by atoms with Gasteiger partial charge in [-0.1, -0.05) is 0 Å². The van der Waals surface area contributed by atoms with Gasteiger partial charge in [-0.3, -0.25) is 9.78 Å². The summed E-state index contributed by atoms with van der Waals surface area (Å²) < 4.78 is 64.6. The van der Waals surface area contributed by atoms with Gasteiger partial charge in [0.1, 0.15) is 11.5 Å². The van der Waals surface area contributed by atoms with E-state index in [2.05, 4.69) is 20.4 Å². The van der Waals surface area contributed by atoms with Gasteiger partial charge in [-0.25, -0.2) is 18.1 Å². The van der Waals surface area contributed by atoms with Gasteiger partial charge in [0.25, 0.3) is 5.91 Å². The second-order valence-corrected chi connectivity index (χ2v) is 9.23. The molecule has 34 heavy (non-hydrogen) atoms. The Kier molecular flexibility index (Phi) is 5.92. The molecule has 0 aliphatic rings. The van der Waals surface area contributed by atoms with Crippen LogP contribution < -0.4 is 5.32 Å². The third kappa shape index (κ3) is 4.96. The van der Waals surface area contributed by atoms with Gasteiger partial charge in [-0.15, -0.1) is 0 Å². The fourth-order valence-corrected chi connectivity index (χ4v) is 3.69. The molecule has 174 valence electrons. The Morgan fingerprint density at radius 1 is 1.03 bits per heavy atom. The Labute approximate surface area is 192 Å². The molecule has 3 heterocycles. The lowest BCUT2D eigenvalue weighted by Crippen LogP contribution is -2.15. The Hall–Kier alpha value is -4.06. The molecule has 0 atom stereocenters. The van der Waals surface area contributed by atoms with Crippen molar-refractivity contribution in [3.63, 3.8) is 0 Å². The Bertz CT molecular complexity index is 1430. The monoisotopic (exact) mass is 487 g/mol. The number of nitrogens with one attached hydrogen (secondary N) is 1. The number of hydrogen-bond acceptors (Lipinski definition) is 6. The molecule has 0 bridgehead atoms.